The van der Waals surface area contributed by atoms with E-state index >= 15 is 0 Å². The van der Waals surface area contributed by atoms with Crippen LogP contribution in [0.5, 0.6) is 0 Å². The molecule has 1 unspecified atom stereocenters. The molecule has 0 bridgehead atoms. The first kappa shape index (κ1) is 48.8. The van der Waals surface area contributed by atoms with Crippen LogP contribution in [0, 0.1) is 0 Å². The summed E-state index contributed by atoms with van der Waals surface area (Å²) in [6, 6.07) is 0. The number of likely N-dealkylation sites (N-methyl/N-ethyl adjacent to an activating group) is 1. The molecule has 0 rings (SSSR count). The Balaban J connectivity index is 4.42. The van der Waals surface area contributed by atoms with Crippen LogP contribution < -0.4 is 4.89 Å². The minimum atomic E-state index is -4.62. The van der Waals surface area contributed by atoms with E-state index in [1.165, 1.54) is 109 Å². The molecule has 0 aromatic carbocycles. The molecule has 50 heavy (non-hydrogen) atoms. The Morgan fingerprint density at radius 3 is 1.52 bits per heavy atom. The molecule has 0 aliphatic heterocycles. The largest absolute Gasteiger partial charge is 0.756 e. The molecule has 0 N–H and O–H groups in total. The Kier molecular flexibility index (Phi) is 32.7. The van der Waals surface area contributed by atoms with E-state index in [0.717, 1.165) is 38.5 Å². The molecule has 0 amide bonds. The van der Waals surface area contributed by atoms with Crippen molar-refractivity contribution < 1.29 is 42.1 Å². The van der Waals surface area contributed by atoms with Crippen molar-refractivity contribution in [1.29, 1.82) is 0 Å². The van der Waals surface area contributed by atoms with Crippen LogP contribution in [-0.4, -0.2) is 70.0 Å². The molecular formula is C40H78NO8P. The third-order valence-corrected chi connectivity index (χ3v) is 9.75. The number of allylic oxidation sites excluding steroid dienone is 2. The number of unbranched alkanes of at least 4 members (excludes halogenated alkanes) is 21. The zero-order chi connectivity index (χ0) is 37.2. The molecule has 0 heterocycles. The molecule has 296 valence electrons. The summed E-state index contributed by atoms with van der Waals surface area (Å²) < 4.78 is 33.8. The molecular weight excluding hydrogens is 653 g/mol. The Morgan fingerprint density at radius 2 is 1.02 bits per heavy atom. The number of rotatable bonds is 37. The number of esters is 2. The van der Waals surface area contributed by atoms with E-state index < -0.39 is 26.5 Å². The summed E-state index contributed by atoms with van der Waals surface area (Å²) in [5, 5.41) is 0. The van der Waals surface area contributed by atoms with Gasteiger partial charge in [-0.1, -0.05) is 142 Å². The molecule has 10 heteroatoms. The van der Waals surface area contributed by atoms with Gasteiger partial charge in [0.15, 0.2) is 6.10 Å². The number of phosphoric ester groups is 1. The van der Waals surface area contributed by atoms with Gasteiger partial charge in [-0.05, 0) is 38.5 Å². The molecule has 0 radical (unpaired) electrons. The van der Waals surface area contributed by atoms with Crippen molar-refractivity contribution >= 4 is 19.8 Å². The van der Waals surface area contributed by atoms with Crippen LogP contribution in [0.15, 0.2) is 12.2 Å². The quantitative estimate of drug-likeness (QED) is 0.0204. The minimum Gasteiger partial charge on any atom is -0.756 e. The number of hydrogen-bond donors (Lipinski definition) is 0. The highest BCUT2D eigenvalue weighted by atomic mass is 31.2. The topological polar surface area (TPSA) is 111 Å². The van der Waals surface area contributed by atoms with Crippen molar-refractivity contribution in [1.82, 2.24) is 0 Å². The SMILES string of the molecule is CCCCCCCCCCC/C=C/CCCCC(=O)O[C@H](COC(=O)CCCCCCCCCCCCC)COP(=O)([O-])OCC[N+](C)(C)C. The highest BCUT2D eigenvalue weighted by Crippen LogP contribution is 2.38. The molecule has 0 saturated heterocycles. The van der Waals surface area contributed by atoms with E-state index in [0.29, 0.717) is 17.4 Å². The highest BCUT2D eigenvalue weighted by molar-refractivity contribution is 7.45. The fourth-order valence-electron chi connectivity index (χ4n) is 5.53. The van der Waals surface area contributed by atoms with Gasteiger partial charge in [-0.15, -0.1) is 0 Å². The number of quaternary nitrogens is 1. The van der Waals surface area contributed by atoms with Gasteiger partial charge < -0.3 is 27.9 Å². The summed E-state index contributed by atoms with van der Waals surface area (Å²) >= 11 is 0. The van der Waals surface area contributed by atoms with Gasteiger partial charge in [0.25, 0.3) is 7.82 Å². The van der Waals surface area contributed by atoms with Crippen molar-refractivity contribution in [3.63, 3.8) is 0 Å². The molecule has 0 aromatic rings. The summed E-state index contributed by atoms with van der Waals surface area (Å²) in [6.45, 7) is 4.20. The number of hydrogen-bond acceptors (Lipinski definition) is 8. The fourth-order valence-corrected chi connectivity index (χ4v) is 6.26. The van der Waals surface area contributed by atoms with Gasteiger partial charge in [-0.25, -0.2) is 0 Å². The van der Waals surface area contributed by atoms with Crippen LogP contribution in [0.1, 0.15) is 181 Å². The third kappa shape index (κ3) is 36.5. The molecule has 0 aliphatic carbocycles. The average Bonchev–Trinajstić information content (AvgIpc) is 3.06. The predicted octanol–water partition coefficient (Wildman–Crippen LogP) is 10.4. The summed E-state index contributed by atoms with van der Waals surface area (Å²) in [5.41, 5.74) is 0. The van der Waals surface area contributed by atoms with E-state index in [9.17, 15) is 19.0 Å². The summed E-state index contributed by atoms with van der Waals surface area (Å²) in [5.74, 6) is -0.856. The van der Waals surface area contributed by atoms with E-state index in [4.69, 9.17) is 18.5 Å². The number of carbonyl (C=O) groups excluding carboxylic acids is 2. The molecule has 2 atom stereocenters. The van der Waals surface area contributed by atoms with Crippen molar-refractivity contribution in [3.8, 4) is 0 Å². The van der Waals surface area contributed by atoms with Gasteiger partial charge in [-0.3, -0.25) is 14.2 Å². The zero-order valence-corrected chi connectivity index (χ0v) is 34.0. The first-order chi connectivity index (χ1) is 24.0. The maximum absolute atomic E-state index is 12.6. The monoisotopic (exact) mass is 732 g/mol. The van der Waals surface area contributed by atoms with Crippen molar-refractivity contribution in [2.75, 3.05) is 47.5 Å². The molecule has 0 saturated carbocycles. The maximum Gasteiger partial charge on any atom is 0.306 e. The second-order valence-electron chi connectivity index (χ2n) is 15.0. The van der Waals surface area contributed by atoms with Crippen molar-refractivity contribution in [2.24, 2.45) is 0 Å². The normalized spacial score (nSPS) is 13.8. The van der Waals surface area contributed by atoms with Gasteiger partial charge >= 0.3 is 11.9 Å². The van der Waals surface area contributed by atoms with Gasteiger partial charge in [0.2, 0.25) is 0 Å². The smallest absolute Gasteiger partial charge is 0.306 e. The Morgan fingerprint density at radius 1 is 0.600 bits per heavy atom. The summed E-state index contributed by atoms with van der Waals surface area (Å²) in [4.78, 5) is 37.3. The summed E-state index contributed by atoms with van der Waals surface area (Å²) in [6.07, 6.45) is 32.4. The number of carbonyl (C=O) groups is 2. The van der Waals surface area contributed by atoms with Crippen molar-refractivity contribution in [3.05, 3.63) is 12.2 Å². The van der Waals surface area contributed by atoms with Crippen LogP contribution >= 0.6 is 7.82 Å². The zero-order valence-electron chi connectivity index (χ0n) is 33.1. The van der Waals surface area contributed by atoms with E-state index in [1.54, 1.807) is 0 Å². The predicted molar refractivity (Wildman–Crippen MR) is 204 cm³/mol. The lowest BCUT2D eigenvalue weighted by atomic mass is 10.1. The minimum absolute atomic E-state index is 0.0314. The Bertz CT molecular complexity index is 876. The molecule has 0 spiro atoms. The summed E-state index contributed by atoms with van der Waals surface area (Å²) in [7, 11) is 1.16. The third-order valence-electron chi connectivity index (χ3n) is 8.79. The van der Waals surface area contributed by atoms with E-state index in [-0.39, 0.29) is 32.0 Å². The standard InChI is InChI=1S/C40H78NO8P/c1-6-8-10-12-14-16-18-19-20-21-23-25-27-29-31-33-40(43)49-38(37-48-50(44,45)47-35-34-41(3,4)5)36-46-39(42)32-30-28-26-24-22-17-15-13-11-9-7-2/h23,25,38H,6-22,24,26-37H2,1-5H3/b25-23+/t38-/m1/s1. The lowest BCUT2D eigenvalue weighted by molar-refractivity contribution is -0.870. The first-order valence-corrected chi connectivity index (χ1v) is 21.9. The van der Waals surface area contributed by atoms with Crippen LogP contribution in [-0.2, 0) is 32.7 Å². The lowest BCUT2D eigenvalue weighted by Gasteiger charge is -2.28. The molecule has 0 aromatic heterocycles. The lowest BCUT2D eigenvalue weighted by Crippen LogP contribution is -2.37. The fraction of sp³-hybridized carbons (Fsp3) is 0.900. The van der Waals surface area contributed by atoms with Gasteiger partial charge in [-0.2, -0.15) is 0 Å². The maximum atomic E-state index is 12.6. The highest BCUT2D eigenvalue weighted by Gasteiger charge is 2.21. The Hall–Kier alpha value is -1.25. The van der Waals surface area contributed by atoms with Crippen LogP contribution in [0.3, 0.4) is 0 Å². The average molecular weight is 732 g/mol. The van der Waals surface area contributed by atoms with Gasteiger partial charge in [0.1, 0.15) is 19.8 Å². The number of phosphoric acid groups is 1. The van der Waals surface area contributed by atoms with E-state index in [2.05, 4.69) is 26.0 Å². The molecule has 0 fully saturated rings. The van der Waals surface area contributed by atoms with Crippen LogP contribution in [0.25, 0.3) is 0 Å². The van der Waals surface area contributed by atoms with Crippen LogP contribution in [0.2, 0.25) is 0 Å². The molecule has 9 nitrogen and oxygen atoms in total. The second-order valence-corrected chi connectivity index (χ2v) is 16.4. The number of nitrogens with zero attached hydrogens (tertiary/aromatic N) is 1. The van der Waals surface area contributed by atoms with E-state index in [1.807, 2.05) is 21.1 Å². The second kappa shape index (κ2) is 33.6. The molecule has 0 aliphatic rings. The van der Waals surface area contributed by atoms with Crippen molar-refractivity contribution in [2.45, 2.75) is 187 Å². The van der Waals surface area contributed by atoms with Gasteiger partial charge in [0, 0.05) is 12.8 Å². The Labute approximate surface area is 307 Å². The first-order valence-electron chi connectivity index (χ1n) is 20.4. The van der Waals surface area contributed by atoms with Crippen LogP contribution in [0.4, 0.5) is 0 Å². The van der Waals surface area contributed by atoms with Gasteiger partial charge in [0.05, 0.1) is 27.7 Å². The number of ether oxygens (including phenoxy) is 2.